The molecule has 0 bridgehead atoms. The highest BCUT2D eigenvalue weighted by atomic mass is 16.2. The van der Waals surface area contributed by atoms with Gasteiger partial charge in [-0.2, -0.15) is 0 Å². The van der Waals surface area contributed by atoms with Gasteiger partial charge >= 0.3 is 0 Å². The molecule has 0 aliphatic heterocycles. The minimum absolute atomic E-state index is 0.0311. The minimum atomic E-state index is 0.0311. The molecule has 0 N–H and O–H groups in total. The monoisotopic (exact) mass is 321 g/mol. The molecule has 0 spiro atoms. The van der Waals surface area contributed by atoms with Crippen molar-refractivity contribution < 1.29 is 9.59 Å². The largest absolute Gasteiger partial charge is 0.339 e. The van der Waals surface area contributed by atoms with Gasteiger partial charge in [-0.05, 0) is 30.9 Å². The van der Waals surface area contributed by atoms with Crippen molar-refractivity contribution in [2.24, 2.45) is 0 Å². The van der Waals surface area contributed by atoms with Gasteiger partial charge in [0, 0.05) is 25.5 Å². The highest BCUT2D eigenvalue weighted by Gasteiger charge is 2.28. The van der Waals surface area contributed by atoms with E-state index >= 15 is 0 Å². The second-order valence-corrected chi connectivity index (χ2v) is 6.55. The molecule has 24 heavy (non-hydrogen) atoms. The number of rotatable bonds is 5. The first kappa shape index (κ1) is 16.4. The van der Waals surface area contributed by atoms with E-state index in [-0.39, 0.29) is 30.6 Å². The molecule has 2 aromatic carbocycles. The van der Waals surface area contributed by atoms with Crippen molar-refractivity contribution in [2.45, 2.75) is 38.6 Å². The Labute approximate surface area is 143 Å². The second kappa shape index (κ2) is 7.00. The number of benzene rings is 2. The number of fused-ring (bicyclic) bond motifs is 1. The molecule has 0 fully saturated rings. The summed E-state index contributed by atoms with van der Waals surface area (Å²) in [6.45, 7) is 1.99. The van der Waals surface area contributed by atoms with Crippen LogP contribution in [-0.4, -0.2) is 23.6 Å². The van der Waals surface area contributed by atoms with Crippen molar-refractivity contribution in [3.8, 4) is 0 Å². The molecule has 2 aromatic rings. The fourth-order valence-corrected chi connectivity index (χ4v) is 3.39. The lowest BCUT2D eigenvalue weighted by molar-refractivity contribution is -0.132. The quantitative estimate of drug-likeness (QED) is 0.777. The van der Waals surface area contributed by atoms with Crippen LogP contribution in [0, 0.1) is 6.92 Å². The number of hydrogen-bond donors (Lipinski definition) is 0. The van der Waals surface area contributed by atoms with E-state index in [0.29, 0.717) is 5.56 Å². The number of nitrogens with zero attached hydrogens (tertiary/aromatic N) is 1. The zero-order valence-electron chi connectivity index (χ0n) is 14.3. The molecule has 1 atom stereocenters. The highest BCUT2D eigenvalue weighted by molar-refractivity contribution is 5.98. The van der Waals surface area contributed by atoms with Crippen LogP contribution in [0.1, 0.15) is 52.4 Å². The average molecular weight is 321 g/mol. The van der Waals surface area contributed by atoms with Gasteiger partial charge in [-0.15, -0.1) is 0 Å². The molecule has 0 radical (unpaired) electrons. The molecule has 0 aromatic heterocycles. The van der Waals surface area contributed by atoms with Gasteiger partial charge in [0.25, 0.3) is 0 Å². The van der Waals surface area contributed by atoms with Gasteiger partial charge in [-0.25, -0.2) is 0 Å². The Balaban J connectivity index is 1.59. The van der Waals surface area contributed by atoms with Crippen LogP contribution in [0.25, 0.3) is 0 Å². The number of carbonyl (C=O) groups excluding carboxylic acids is 2. The molecule has 0 heterocycles. The third kappa shape index (κ3) is 3.40. The summed E-state index contributed by atoms with van der Waals surface area (Å²) in [6, 6.07) is 16.0. The summed E-state index contributed by atoms with van der Waals surface area (Å²) in [6.07, 6.45) is 2.51. The highest BCUT2D eigenvalue weighted by Crippen LogP contribution is 2.35. The Bertz CT molecular complexity index is 749. The van der Waals surface area contributed by atoms with Crippen molar-refractivity contribution in [1.82, 2.24) is 4.90 Å². The topological polar surface area (TPSA) is 37.4 Å². The zero-order chi connectivity index (χ0) is 17.1. The molecule has 1 unspecified atom stereocenters. The molecular weight excluding hydrogens is 298 g/mol. The molecule has 1 amide bonds. The van der Waals surface area contributed by atoms with Crippen LogP contribution >= 0.6 is 0 Å². The van der Waals surface area contributed by atoms with Gasteiger partial charge in [-0.1, -0.05) is 54.1 Å². The summed E-state index contributed by atoms with van der Waals surface area (Å²) >= 11 is 0. The summed E-state index contributed by atoms with van der Waals surface area (Å²) in [5.74, 6) is 0.0701. The SMILES string of the molecule is Cc1ccc(C(=O)CCC(=O)N(C)C2CCc3ccccc32)cc1. The first-order valence-electron chi connectivity index (χ1n) is 8.49. The van der Waals surface area contributed by atoms with Gasteiger partial charge in [-0.3, -0.25) is 9.59 Å². The van der Waals surface area contributed by atoms with Crippen LogP contribution in [0.4, 0.5) is 0 Å². The number of carbonyl (C=O) groups is 2. The molecule has 0 saturated heterocycles. The van der Waals surface area contributed by atoms with Gasteiger partial charge in [0.2, 0.25) is 5.91 Å². The first-order chi connectivity index (χ1) is 11.6. The van der Waals surface area contributed by atoms with Crippen molar-refractivity contribution in [2.75, 3.05) is 7.05 Å². The van der Waals surface area contributed by atoms with Crippen LogP contribution in [0.15, 0.2) is 48.5 Å². The van der Waals surface area contributed by atoms with Crippen LogP contribution in [0.3, 0.4) is 0 Å². The molecular formula is C21H23NO2. The maximum Gasteiger partial charge on any atom is 0.223 e. The lowest BCUT2D eigenvalue weighted by Gasteiger charge is -2.25. The summed E-state index contributed by atoms with van der Waals surface area (Å²) in [5.41, 5.74) is 4.39. The Morgan fingerprint density at radius 3 is 2.50 bits per heavy atom. The molecule has 3 heteroatoms. The summed E-state index contributed by atoms with van der Waals surface area (Å²) in [7, 11) is 1.85. The second-order valence-electron chi connectivity index (χ2n) is 6.55. The number of aryl methyl sites for hydroxylation is 2. The Kier molecular flexibility index (Phi) is 4.79. The average Bonchev–Trinajstić information content (AvgIpc) is 3.03. The normalized spacial score (nSPS) is 15.8. The van der Waals surface area contributed by atoms with E-state index in [1.54, 1.807) is 0 Å². The maximum atomic E-state index is 12.5. The predicted molar refractivity (Wildman–Crippen MR) is 95.0 cm³/mol. The molecule has 1 aliphatic carbocycles. The lowest BCUT2D eigenvalue weighted by Crippen LogP contribution is -2.30. The van der Waals surface area contributed by atoms with Crippen molar-refractivity contribution >= 4 is 11.7 Å². The van der Waals surface area contributed by atoms with Crippen LogP contribution in [0.5, 0.6) is 0 Å². The van der Waals surface area contributed by atoms with Crippen molar-refractivity contribution in [3.05, 3.63) is 70.8 Å². The molecule has 3 nitrogen and oxygen atoms in total. The number of amides is 1. The zero-order valence-corrected chi connectivity index (χ0v) is 14.3. The van der Waals surface area contributed by atoms with E-state index < -0.39 is 0 Å². The summed E-state index contributed by atoms with van der Waals surface area (Å²) in [4.78, 5) is 26.5. The standard InChI is InChI=1S/C21H23NO2/c1-15-7-9-17(10-8-15)20(23)13-14-21(24)22(2)19-12-11-16-5-3-4-6-18(16)19/h3-10,19H,11-14H2,1-2H3. The predicted octanol–water partition coefficient (Wildman–Crippen LogP) is 4.10. The smallest absolute Gasteiger partial charge is 0.223 e. The van der Waals surface area contributed by atoms with Crippen LogP contribution in [0.2, 0.25) is 0 Å². The van der Waals surface area contributed by atoms with E-state index in [2.05, 4.69) is 12.1 Å². The van der Waals surface area contributed by atoms with Crippen LogP contribution in [-0.2, 0) is 11.2 Å². The minimum Gasteiger partial charge on any atom is -0.339 e. The third-order valence-electron chi connectivity index (χ3n) is 4.90. The molecule has 124 valence electrons. The van der Waals surface area contributed by atoms with E-state index in [4.69, 9.17) is 0 Å². The molecule has 1 aliphatic rings. The summed E-state index contributed by atoms with van der Waals surface area (Å²) < 4.78 is 0. The first-order valence-corrected chi connectivity index (χ1v) is 8.49. The fraction of sp³-hybridized carbons (Fsp3) is 0.333. The van der Waals surface area contributed by atoms with E-state index in [0.717, 1.165) is 18.4 Å². The van der Waals surface area contributed by atoms with Gasteiger partial charge in [0.1, 0.15) is 0 Å². The molecule has 3 rings (SSSR count). The molecule has 0 saturated carbocycles. The van der Waals surface area contributed by atoms with Gasteiger partial charge < -0.3 is 4.90 Å². The van der Waals surface area contributed by atoms with Crippen molar-refractivity contribution in [1.29, 1.82) is 0 Å². The van der Waals surface area contributed by atoms with E-state index in [1.807, 2.05) is 55.3 Å². The Morgan fingerprint density at radius 2 is 1.75 bits per heavy atom. The maximum absolute atomic E-state index is 12.5. The fourth-order valence-electron chi connectivity index (χ4n) is 3.39. The lowest BCUT2D eigenvalue weighted by atomic mass is 10.0. The summed E-state index contributed by atoms with van der Waals surface area (Å²) in [5, 5.41) is 0. The Morgan fingerprint density at radius 1 is 1.04 bits per heavy atom. The Hall–Kier alpha value is -2.42. The van der Waals surface area contributed by atoms with Crippen LogP contribution < -0.4 is 0 Å². The van der Waals surface area contributed by atoms with Gasteiger partial charge in [0.15, 0.2) is 5.78 Å². The third-order valence-corrected chi connectivity index (χ3v) is 4.90. The number of Topliss-reactive ketones (excluding diaryl/α,β-unsaturated/α-hetero) is 1. The number of ketones is 1. The number of hydrogen-bond acceptors (Lipinski definition) is 2. The van der Waals surface area contributed by atoms with E-state index in [1.165, 1.54) is 11.1 Å². The van der Waals surface area contributed by atoms with Crippen molar-refractivity contribution in [3.63, 3.8) is 0 Å². The van der Waals surface area contributed by atoms with Gasteiger partial charge in [0.05, 0.1) is 6.04 Å². The van der Waals surface area contributed by atoms with E-state index in [9.17, 15) is 9.59 Å².